The number of imidazole rings is 1. The average Bonchev–Trinajstić information content (AvgIpc) is 3.80. The molecule has 2 aliphatic rings. The molecule has 6 aromatic carbocycles. The first-order chi connectivity index (χ1) is 30.5. The molecule has 0 amide bonds. The molecule has 0 spiro atoms. The Morgan fingerprint density at radius 1 is 0.635 bits per heavy atom. The topological polar surface area (TPSA) is 17.6 Å². The van der Waals surface area contributed by atoms with Gasteiger partial charge in [-0.15, -0.1) is 0 Å². The van der Waals surface area contributed by atoms with E-state index in [0.717, 1.165) is 25.0 Å². The van der Waals surface area contributed by atoms with Crippen LogP contribution in [0.25, 0.3) is 72.6 Å². The SMILES string of the molecule is C=C1CC2C(CCc3cc4c(cc3-c3n1c1ccccc1[n+]3-c1c(C(C)C)cccc1C(C)C)c1ccccc1n4-c1ccccc1)c1ccccc1-c1ccc([Si](C)(C)C)c[n+]12. The van der Waals surface area contributed by atoms with E-state index in [1.807, 2.05) is 0 Å². The number of nitrogens with zero attached hydrogens (tertiary/aromatic N) is 4. The van der Waals surface area contributed by atoms with Crippen LogP contribution in [0.4, 0.5) is 0 Å². The van der Waals surface area contributed by atoms with Gasteiger partial charge in [-0.25, -0.2) is 0 Å². The molecule has 63 heavy (non-hydrogen) atoms. The number of aryl methyl sites for hydroxylation is 1. The van der Waals surface area contributed by atoms with Crippen LogP contribution in [-0.2, 0) is 6.42 Å². The zero-order valence-corrected chi connectivity index (χ0v) is 38.9. The second-order valence-electron chi connectivity index (χ2n) is 19.8. The van der Waals surface area contributed by atoms with E-state index in [9.17, 15) is 0 Å². The van der Waals surface area contributed by atoms with Gasteiger partial charge in [-0.05, 0) is 84.3 Å². The van der Waals surface area contributed by atoms with Gasteiger partial charge in [0.1, 0.15) is 11.4 Å². The van der Waals surface area contributed by atoms with Gasteiger partial charge in [0.15, 0.2) is 23.3 Å². The van der Waals surface area contributed by atoms with Crippen LogP contribution in [-0.4, -0.2) is 17.2 Å². The molecule has 0 N–H and O–H groups in total. The summed E-state index contributed by atoms with van der Waals surface area (Å²) in [6.07, 6.45) is 5.30. The lowest BCUT2D eigenvalue weighted by molar-refractivity contribution is -0.716. The molecular weight excluding hydrogens is 781 g/mol. The molecule has 0 fully saturated rings. The average molecular weight is 839 g/mol. The van der Waals surface area contributed by atoms with E-state index >= 15 is 0 Å². The lowest BCUT2D eigenvalue weighted by Gasteiger charge is -2.32. The fourth-order valence-corrected chi connectivity index (χ4v) is 12.3. The normalized spacial score (nSPS) is 16.3. The summed E-state index contributed by atoms with van der Waals surface area (Å²) in [4.78, 5) is 0. The Labute approximate surface area is 373 Å². The zero-order chi connectivity index (χ0) is 43.3. The quantitative estimate of drug-likeness (QED) is 0.121. The first-order valence-electron chi connectivity index (χ1n) is 23.1. The summed E-state index contributed by atoms with van der Waals surface area (Å²) >= 11 is 0. The Morgan fingerprint density at radius 2 is 1.32 bits per heavy atom. The van der Waals surface area contributed by atoms with Crippen molar-refractivity contribution < 1.29 is 9.13 Å². The van der Waals surface area contributed by atoms with Crippen LogP contribution in [0.2, 0.25) is 19.6 Å². The third-order valence-electron chi connectivity index (χ3n) is 14.3. The van der Waals surface area contributed by atoms with Gasteiger partial charge in [0, 0.05) is 50.3 Å². The summed E-state index contributed by atoms with van der Waals surface area (Å²) in [5.74, 6) is 2.14. The maximum Gasteiger partial charge on any atom is 0.300 e. The number of hydrogen-bond donors (Lipinski definition) is 0. The molecule has 0 bridgehead atoms. The molecule has 5 heterocycles. The molecule has 0 radical (unpaired) electrons. The highest BCUT2D eigenvalue weighted by molar-refractivity contribution is 6.88. The Bertz CT molecular complexity index is 3260. The van der Waals surface area contributed by atoms with Crippen LogP contribution >= 0.6 is 0 Å². The van der Waals surface area contributed by atoms with Gasteiger partial charge in [-0.1, -0.05) is 145 Å². The number of fused-ring (bicyclic) bond motifs is 14. The minimum absolute atomic E-state index is 0.191. The summed E-state index contributed by atoms with van der Waals surface area (Å²) in [6, 6.07) is 55.4. The van der Waals surface area contributed by atoms with Gasteiger partial charge in [-0.2, -0.15) is 13.7 Å². The molecule has 0 aliphatic carbocycles. The Balaban J connectivity index is 1.28. The monoisotopic (exact) mass is 838 g/mol. The molecule has 312 valence electrons. The molecule has 5 heteroatoms. The molecular formula is C58H58N4Si+2. The van der Waals surface area contributed by atoms with Crippen LogP contribution in [0.15, 0.2) is 158 Å². The van der Waals surface area contributed by atoms with Crippen molar-refractivity contribution in [1.82, 2.24) is 9.13 Å². The van der Waals surface area contributed by atoms with E-state index in [1.54, 1.807) is 0 Å². The highest BCUT2D eigenvalue weighted by Gasteiger charge is 2.44. The summed E-state index contributed by atoms with van der Waals surface area (Å²) in [6.45, 7) is 22.0. The van der Waals surface area contributed by atoms with Gasteiger partial charge in [0.2, 0.25) is 5.69 Å². The first kappa shape index (κ1) is 39.5. The van der Waals surface area contributed by atoms with Crippen molar-refractivity contribution in [1.29, 1.82) is 0 Å². The smallest absolute Gasteiger partial charge is 0.300 e. The van der Waals surface area contributed by atoms with Crippen molar-refractivity contribution in [2.75, 3.05) is 0 Å². The van der Waals surface area contributed by atoms with Crippen LogP contribution in [0.1, 0.15) is 86.6 Å². The number of para-hydroxylation sites is 5. The standard InChI is InChI=1S/C58H58N4Si/c1-37(2)43-24-18-25-44(38(3)4)57(43)62-54-28-17-16-27-53(54)60-39(5)33-55-48(45-21-12-13-22-46(45)51-32-30-42(36-59(51)55)63(6,7)8)31-29-40-34-56-50(35-49(40)58(60)62)47-23-14-15-26-52(47)61(56)41-19-10-9-11-20-41/h9-28,30,32,34-38,48,55H,5,29,31,33H2,1-4,6-8H3/q+2. The fraction of sp³-hybridized carbons (Fsp3) is 0.241. The number of pyridine rings is 1. The molecule has 4 nitrogen and oxygen atoms in total. The largest absolute Gasteiger partial charge is 0.309 e. The number of allylic oxidation sites excluding steroid dienone is 1. The lowest BCUT2D eigenvalue weighted by atomic mass is 9.77. The minimum Gasteiger partial charge on any atom is -0.309 e. The van der Waals surface area contributed by atoms with Gasteiger partial charge >= 0.3 is 0 Å². The van der Waals surface area contributed by atoms with Crippen molar-refractivity contribution in [3.05, 3.63) is 181 Å². The Hall–Kier alpha value is -6.30. The number of hydrogen-bond acceptors (Lipinski definition) is 0. The molecule has 11 rings (SSSR count). The number of aromatic nitrogens is 4. The van der Waals surface area contributed by atoms with E-state index in [4.69, 9.17) is 6.58 Å². The summed E-state index contributed by atoms with van der Waals surface area (Å²) in [5.41, 5.74) is 18.0. The molecule has 0 saturated heterocycles. The maximum atomic E-state index is 5.16. The predicted molar refractivity (Wildman–Crippen MR) is 267 cm³/mol. The van der Waals surface area contributed by atoms with Gasteiger partial charge in [0.25, 0.3) is 5.82 Å². The lowest BCUT2D eigenvalue weighted by Crippen LogP contribution is -2.52. The van der Waals surface area contributed by atoms with E-state index in [1.165, 1.54) is 94.3 Å². The molecule has 2 aliphatic heterocycles. The third-order valence-corrected chi connectivity index (χ3v) is 16.3. The molecule has 2 atom stereocenters. The van der Waals surface area contributed by atoms with Crippen molar-refractivity contribution in [3.8, 4) is 34.0 Å². The summed E-state index contributed by atoms with van der Waals surface area (Å²) in [7, 11) is -1.63. The van der Waals surface area contributed by atoms with Gasteiger partial charge in [-0.3, -0.25) is 0 Å². The third kappa shape index (κ3) is 6.22. The second kappa shape index (κ2) is 14.9. The van der Waals surface area contributed by atoms with E-state index < -0.39 is 8.07 Å². The fourth-order valence-electron chi connectivity index (χ4n) is 11.2. The maximum absolute atomic E-state index is 5.16. The second-order valence-corrected chi connectivity index (χ2v) is 24.9. The summed E-state index contributed by atoms with van der Waals surface area (Å²) in [5, 5.41) is 4.02. The van der Waals surface area contributed by atoms with Crippen molar-refractivity contribution in [2.24, 2.45) is 0 Å². The Morgan fingerprint density at radius 3 is 2.06 bits per heavy atom. The molecule has 2 unspecified atom stereocenters. The van der Waals surface area contributed by atoms with E-state index in [2.05, 4.69) is 217 Å². The first-order valence-corrected chi connectivity index (χ1v) is 26.6. The van der Waals surface area contributed by atoms with Gasteiger partial charge < -0.3 is 4.57 Å². The number of rotatable bonds is 5. The van der Waals surface area contributed by atoms with Crippen molar-refractivity contribution in [3.63, 3.8) is 0 Å². The van der Waals surface area contributed by atoms with Crippen LogP contribution in [0, 0.1) is 0 Å². The number of benzene rings is 6. The van der Waals surface area contributed by atoms with Crippen molar-refractivity contribution in [2.45, 2.75) is 90.4 Å². The highest BCUT2D eigenvalue weighted by Crippen LogP contribution is 2.47. The Kier molecular flexibility index (Phi) is 9.36. The van der Waals surface area contributed by atoms with Gasteiger partial charge in [0.05, 0.1) is 31.1 Å². The van der Waals surface area contributed by atoms with Crippen LogP contribution < -0.4 is 14.3 Å². The predicted octanol–water partition coefficient (Wildman–Crippen LogP) is 13.6. The van der Waals surface area contributed by atoms with Crippen molar-refractivity contribution >= 4 is 51.8 Å². The molecule has 3 aromatic heterocycles. The minimum atomic E-state index is -1.63. The zero-order valence-electron chi connectivity index (χ0n) is 37.9. The summed E-state index contributed by atoms with van der Waals surface area (Å²) < 4.78 is 10.4. The highest BCUT2D eigenvalue weighted by atomic mass is 28.3. The molecule has 9 aromatic rings. The van der Waals surface area contributed by atoms with Crippen LogP contribution in [0.5, 0.6) is 0 Å². The van der Waals surface area contributed by atoms with Crippen LogP contribution in [0.3, 0.4) is 0 Å². The van der Waals surface area contributed by atoms with E-state index in [-0.39, 0.29) is 6.04 Å². The van der Waals surface area contributed by atoms with E-state index in [0.29, 0.717) is 17.8 Å². The molecule has 0 saturated carbocycles.